The van der Waals surface area contributed by atoms with Gasteiger partial charge in [0.1, 0.15) is 12.4 Å². The molecule has 3 rings (SSSR count). The van der Waals surface area contributed by atoms with Gasteiger partial charge >= 0.3 is 5.97 Å². The van der Waals surface area contributed by atoms with Gasteiger partial charge in [0.2, 0.25) is 0 Å². The van der Waals surface area contributed by atoms with Crippen LogP contribution in [0.15, 0.2) is 47.8 Å². The molecule has 0 amide bonds. The van der Waals surface area contributed by atoms with Crippen molar-refractivity contribution in [3.05, 3.63) is 64.7 Å². The van der Waals surface area contributed by atoms with E-state index in [4.69, 9.17) is 9.47 Å². The molecule has 1 N–H and O–H groups in total. The van der Waals surface area contributed by atoms with E-state index < -0.39 is 12.1 Å². The van der Waals surface area contributed by atoms with Gasteiger partial charge in [0.05, 0.1) is 17.1 Å². The Hall–Kier alpha value is -1.97. The summed E-state index contributed by atoms with van der Waals surface area (Å²) in [6, 6.07) is 14.1. The third-order valence-electron chi connectivity index (χ3n) is 4.75. The monoisotopic (exact) mass is 420 g/mol. The summed E-state index contributed by atoms with van der Waals surface area (Å²) in [4.78, 5) is 12.5. The average molecular weight is 420 g/mol. The predicted octanol–water partition coefficient (Wildman–Crippen LogP) is 4.56. The van der Waals surface area contributed by atoms with Gasteiger partial charge in [-0.05, 0) is 67.6 Å². The number of ether oxygens (including phenoxy) is 2. The molecular formula is C23H27LiNO4S. The largest absolute Gasteiger partial charge is 0.492 e. The topological polar surface area (TPSA) is 60.7 Å². The molecule has 0 fully saturated rings. The van der Waals surface area contributed by atoms with E-state index in [9.17, 15) is 9.90 Å². The van der Waals surface area contributed by atoms with Crippen LogP contribution in [0, 0.1) is 13.8 Å². The van der Waals surface area contributed by atoms with Crippen LogP contribution >= 0.6 is 11.3 Å². The number of nitrogens with zero attached hydrogens (tertiary/aromatic N) is 1. The molecule has 1 aromatic carbocycles. The molecule has 1 atom stereocenters. The first-order chi connectivity index (χ1) is 14.0. The zero-order chi connectivity index (χ0) is 20.8. The summed E-state index contributed by atoms with van der Waals surface area (Å²) in [5, 5.41) is 11.4. The Morgan fingerprint density at radius 2 is 1.90 bits per heavy atom. The van der Waals surface area contributed by atoms with E-state index in [0.29, 0.717) is 19.6 Å². The number of carbonyl (C=O) groups is 1. The molecule has 0 saturated heterocycles. The molecule has 2 heterocycles. The van der Waals surface area contributed by atoms with E-state index >= 15 is 0 Å². The second kappa shape index (κ2) is 11.4. The van der Waals surface area contributed by atoms with Gasteiger partial charge in [-0.15, -0.1) is 11.3 Å². The molecule has 0 saturated carbocycles. The maximum Gasteiger partial charge on any atom is 0.333 e. The first-order valence-corrected chi connectivity index (χ1v) is 10.6. The number of hydrogen-bond acceptors (Lipinski definition) is 4. The van der Waals surface area contributed by atoms with E-state index in [-0.39, 0.29) is 18.9 Å². The number of carboxylic acid groups (broad SMARTS) is 1. The molecule has 3 aromatic rings. The molecule has 0 spiro atoms. The van der Waals surface area contributed by atoms with E-state index in [1.54, 1.807) is 18.3 Å². The number of aromatic nitrogens is 1. The predicted molar refractivity (Wildman–Crippen MR) is 122 cm³/mol. The summed E-state index contributed by atoms with van der Waals surface area (Å²) < 4.78 is 13.5. The Labute approximate surface area is 193 Å². The average Bonchev–Trinajstić information content (AvgIpc) is 3.28. The Morgan fingerprint density at radius 3 is 2.50 bits per heavy atom. The van der Waals surface area contributed by atoms with Gasteiger partial charge in [0, 0.05) is 37.6 Å². The molecule has 5 nitrogen and oxygen atoms in total. The molecule has 30 heavy (non-hydrogen) atoms. The maximum absolute atomic E-state index is 11.2. The first-order valence-electron chi connectivity index (χ1n) is 9.75. The van der Waals surface area contributed by atoms with Crippen LogP contribution in [0.5, 0.6) is 5.75 Å². The Kier molecular flexibility index (Phi) is 9.26. The Morgan fingerprint density at radius 1 is 1.17 bits per heavy atom. The zero-order valence-corrected chi connectivity index (χ0v) is 18.9. The van der Waals surface area contributed by atoms with Gasteiger partial charge < -0.3 is 19.1 Å². The van der Waals surface area contributed by atoms with Gasteiger partial charge in [0.15, 0.2) is 6.10 Å². The summed E-state index contributed by atoms with van der Waals surface area (Å²) in [5.41, 5.74) is 4.62. The van der Waals surface area contributed by atoms with E-state index in [0.717, 1.165) is 17.9 Å². The summed E-state index contributed by atoms with van der Waals surface area (Å²) >= 11 is 1.76. The maximum atomic E-state index is 11.2. The summed E-state index contributed by atoms with van der Waals surface area (Å²) in [7, 11) is 0. The molecule has 155 valence electrons. The minimum Gasteiger partial charge on any atom is -0.492 e. The molecule has 1 radical (unpaired) electrons. The number of carboxylic acids is 1. The summed E-state index contributed by atoms with van der Waals surface area (Å²) in [6.07, 6.45) is -0.474. The number of aryl methyl sites for hydroxylation is 2. The van der Waals surface area contributed by atoms with Crippen LogP contribution in [0.3, 0.4) is 0 Å². The van der Waals surface area contributed by atoms with Crippen LogP contribution in [-0.2, 0) is 22.5 Å². The molecule has 0 unspecified atom stereocenters. The summed E-state index contributed by atoms with van der Waals surface area (Å²) in [6.45, 7) is 7.71. The summed E-state index contributed by atoms with van der Waals surface area (Å²) in [5.74, 6) is -0.165. The van der Waals surface area contributed by atoms with Crippen molar-refractivity contribution in [1.82, 2.24) is 4.57 Å². The molecule has 7 heteroatoms. The minimum absolute atomic E-state index is 0. The third kappa shape index (κ3) is 6.26. The molecule has 2 aromatic heterocycles. The zero-order valence-electron chi connectivity index (χ0n) is 18.1. The standard InChI is InChI=1S/C23H27NO4S.Li/c1-4-27-21(23(25)26)14-18-6-8-19(9-7-18)28-12-11-24-17(3)5-10-20(24)22-13-16(2)15-29-22;/h5-10,13,15,21H,4,11-12,14H2,1-3H3,(H,25,26);/t21-;/m0./s1. The molecular weight excluding hydrogens is 393 g/mol. The smallest absolute Gasteiger partial charge is 0.333 e. The van der Waals surface area contributed by atoms with Crippen molar-refractivity contribution in [2.75, 3.05) is 13.2 Å². The normalized spacial score (nSPS) is 11.7. The van der Waals surface area contributed by atoms with Crippen LogP contribution in [0.4, 0.5) is 0 Å². The van der Waals surface area contributed by atoms with E-state index in [1.165, 1.54) is 21.8 Å². The van der Waals surface area contributed by atoms with Crippen LogP contribution in [0.2, 0.25) is 0 Å². The Bertz CT molecular complexity index is 949. The number of hydrogen-bond donors (Lipinski definition) is 1. The molecule has 0 bridgehead atoms. The second-order valence-corrected chi connectivity index (χ2v) is 7.89. The minimum atomic E-state index is -0.939. The Balaban J connectivity index is 0.00000320. The number of benzene rings is 1. The molecule has 0 aliphatic rings. The molecule has 0 aliphatic heterocycles. The quantitative estimate of drug-likeness (QED) is 0.489. The van der Waals surface area contributed by atoms with Crippen molar-refractivity contribution in [1.29, 1.82) is 0 Å². The SMILES string of the molecule is CCO[C@@H](Cc1ccc(OCCn2c(C)ccc2-c2cc(C)cs2)cc1)C(=O)O.[Li]. The number of aliphatic carboxylic acids is 1. The van der Waals surface area contributed by atoms with Crippen molar-refractivity contribution >= 4 is 36.2 Å². The molecule has 0 aliphatic carbocycles. The fraction of sp³-hybridized carbons (Fsp3) is 0.348. The third-order valence-corrected chi connectivity index (χ3v) is 5.82. The number of thiophene rings is 1. The van der Waals surface area contributed by atoms with Gasteiger partial charge in [-0.2, -0.15) is 0 Å². The van der Waals surface area contributed by atoms with E-state index in [2.05, 4.69) is 42.0 Å². The van der Waals surface area contributed by atoms with Crippen molar-refractivity contribution < 1.29 is 19.4 Å². The van der Waals surface area contributed by atoms with Crippen LogP contribution in [0.1, 0.15) is 23.7 Å². The van der Waals surface area contributed by atoms with Crippen molar-refractivity contribution in [2.45, 2.75) is 39.8 Å². The van der Waals surface area contributed by atoms with Gasteiger partial charge in [0.25, 0.3) is 0 Å². The van der Waals surface area contributed by atoms with Gasteiger partial charge in [-0.25, -0.2) is 4.79 Å². The van der Waals surface area contributed by atoms with Crippen molar-refractivity contribution in [3.63, 3.8) is 0 Å². The first kappa shape index (κ1) is 24.3. The van der Waals surface area contributed by atoms with Gasteiger partial charge in [-0.1, -0.05) is 12.1 Å². The van der Waals surface area contributed by atoms with Crippen LogP contribution in [-0.4, -0.2) is 53.8 Å². The van der Waals surface area contributed by atoms with Crippen molar-refractivity contribution in [3.8, 4) is 16.3 Å². The fourth-order valence-electron chi connectivity index (χ4n) is 3.26. The van der Waals surface area contributed by atoms with E-state index in [1.807, 2.05) is 24.3 Å². The number of rotatable bonds is 10. The van der Waals surface area contributed by atoms with Crippen molar-refractivity contribution in [2.24, 2.45) is 0 Å². The van der Waals surface area contributed by atoms with Gasteiger partial charge in [-0.3, -0.25) is 0 Å². The van der Waals surface area contributed by atoms with Crippen LogP contribution < -0.4 is 4.74 Å². The second-order valence-electron chi connectivity index (χ2n) is 6.98. The fourth-order valence-corrected chi connectivity index (χ4v) is 4.19. The van der Waals surface area contributed by atoms with Crippen LogP contribution in [0.25, 0.3) is 10.6 Å².